The zero-order valence-electron chi connectivity index (χ0n) is 15.1. The van der Waals surface area contributed by atoms with Gasteiger partial charge in [-0.2, -0.15) is 0 Å². The predicted molar refractivity (Wildman–Crippen MR) is 103 cm³/mol. The Kier molecular flexibility index (Phi) is 5.39. The zero-order valence-corrected chi connectivity index (χ0v) is 15.1. The topological polar surface area (TPSA) is 116 Å². The molecule has 1 fully saturated rings. The number of hydrogen-bond donors (Lipinski definition) is 3. The lowest BCUT2D eigenvalue weighted by atomic mass is 10.1. The molecule has 8 nitrogen and oxygen atoms in total. The summed E-state index contributed by atoms with van der Waals surface area (Å²) >= 11 is 0. The fourth-order valence-electron chi connectivity index (χ4n) is 3.01. The number of nitrogens with one attached hydrogen (secondary N) is 2. The molecule has 0 spiro atoms. The van der Waals surface area contributed by atoms with Crippen molar-refractivity contribution in [2.45, 2.75) is 25.8 Å². The van der Waals surface area contributed by atoms with E-state index in [1.54, 1.807) is 48.5 Å². The van der Waals surface area contributed by atoms with Crippen LogP contribution in [-0.4, -0.2) is 34.8 Å². The first kappa shape index (κ1) is 19.1. The second kappa shape index (κ2) is 7.91. The number of carboxylic acids is 1. The van der Waals surface area contributed by atoms with Gasteiger partial charge in [0.25, 0.3) is 5.91 Å². The van der Waals surface area contributed by atoms with Crippen LogP contribution in [-0.2, 0) is 25.6 Å². The minimum absolute atomic E-state index is 0.0170. The summed E-state index contributed by atoms with van der Waals surface area (Å²) in [5, 5.41) is 14.5. The highest BCUT2D eigenvalue weighted by molar-refractivity contribution is 6.23. The molecule has 3 N–H and O–H groups in total. The second-order valence-electron chi connectivity index (χ2n) is 6.46. The van der Waals surface area contributed by atoms with E-state index in [4.69, 9.17) is 5.11 Å². The van der Waals surface area contributed by atoms with Crippen LogP contribution in [0.4, 0.5) is 17.1 Å². The Morgan fingerprint density at radius 2 is 1.64 bits per heavy atom. The van der Waals surface area contributed by atoms with Gasteiger partial charge >= 0.3 is 5.97 Å². The van der Waals surface area contributed by atoms with Crippen LogP contribution in [0.25, 0.3) is 0 Å². The normalized spacial score (nSPS) is 16.2. The van der Waals surface area contributed by atoms with Gasteiger partial charge in [0.2, 0.25) is 11.8 Å². The van der Waals surface area contributed by atoms with Crippen LogP contribution in [0, 0.1) is 0 Å². The van der Waals surface area contributed by atoms with E-state index in [9.17, 15) is 19.2 Å². The van der Waals surface area contributed by atoms with Crippen molar-refractivity contribution in [2.75, 3.05) is 15.5 Å². The fourth-order valence-corrected chi connectivity index (χ4v) is 3.01. The highest BCUT2D eigenvalue weighted by atomic mass is 16.4. The fraction of sp³-hybridized carbons (Fsp3) is 0.200. The van der Waals surface area contributed by atoms with Gasteiger partial charge < -0.3 is 15.7 Å². The Hall–Kier alpha value is -3.68. The third-order valence-electron chi connectivity index (χ3n) is 4.24. The second-order valence-corrected chi connectivity index (χ2v) is 6.46. The molecule has 0 aromatic heterocycles. The lowest BCUT2D eigenvalue weighted by Crippen LogP contribution is -2.34. The van der Waals surface area contributed by atoms with Crippen molar-refractivity contribution in [3.63, 3.8) is 0 Å². The molecule has 0 bridgehead atoms. The van der Waals surface area contributed by atoms with Crippen LogP contribution in [0.15, 0.2) is 48.5 Å². The number of benzene rings is 2. The lowest BCUT2D eigenvalue weighted by Gasteiger charge is -2.16. The molecule has 2 aromatic carbocycles. The summed E-state index contributed by atoms with van der Waals surface area (Å²) in [7, 11) is 0. The van der Waals surface area contributed by atoms with E-state index in [0.717, 1.165) is 4.90 Å². The number of carbonyl (C=O) groups is 4. The van der Waals surface area contributed by atoms with Gasteiger partial charge in [-0.15, -0.1) is 0 Å². The van der Waals surface area contributed by atoms with Crippen LogP contribution in [0.3, 0.4) is 0 Å². The molecule has 2 aromatic rings. The lowest BCUT2D eigenvalue weighted by molar-refractivity contribution is -0.136. The number of amides is 3. The number of hydrogen-bond acceptors (Lipinski definition) is 5. The molecule has 0 saturated carbocycles. The molecule has 1 saturated heterocycles. The number of rotatable bonds is 6. The Morgan fingerprint density at radius 1 is 1.04 bits per heavy atom. The Morgan fingerprint density at radius 3 is 2.21 bits per heavy atom. The molecule has 8 heteroatoms. The average molecular weight is 381 g/mol. The first-order valence-electron chi connectivity index (χ1n) is 8.65. The Balaban J connectivity index is 1.69. The summed E-state index contributed by atoms with van der Waals surface area (Å²) in [6.07, 6.45) is -0.107. The van der Waals surface area contributed by atoms with Crippen LogP contribution in [0.1, 0.15) is 18.9 Å². The summed E-state index contributed by atoms with van der Waals surface area (Å²) in [5.74, 6) is -1.83. The van der Waals surface area contributed by atoms with Crippen molar-refractivity contribution in [3.8, 4) is 0 Å². The monoisotopic (exact) mass is 381 g/mol. The van der Waals surface area contributed by atoms with Crippen molar-refractivity contribution in [3.05, 3.63) is 54.1 Å². The van der Waals surface area contributed by atoms with E-state index in [1.165, 1.54) is 6.92 Å². The van der Waals surface area contributed by atoms with E-state index < -0.39 is 12.0 Å². The van der Waals surface area contributed by atoms with E-state index in [0.29, 0.717) is 22.6 Å². The van der Waals surface area contributed by atoms with Gasteiger partial charge in [-0.3, -0.25) is 19.2 Å². The van der Waals surface area contributed by atoms with Crippen molar-refractivity contribution < 1.29 is 24.3 Å². The minimum Gasteiger partial charge on any atom is -0.481 e. The van der Waals surface area contributed by atoms with E-state index in [-0.39, 0.29) is 30.6 Å². The number of carboxylic acid groups (broad SMARTS) is 1. The highest BCUT2D eigenvalue weighted by Gasteiger charge is 2.39. The SMILES string of the molecule is CC(=O)Nc1ccc(NC2CC(=O)N(c3ccc(CC(=O)O)cc3)C2=O)cc1. The van der Waals surface area contributed by atoms with E-state index >= 15 is 0 Å². The third-order valence-corrected chi connectivity index (χ3v) is 4.24. The van der Waals surface area contributed by atoms with Gasteiger partial charge in [-0.05, 0) is 42.0 Å². The van der Waals surface area contributed by atoms with Crippen LogP contribution in [0.5, 0.6) is 0 Å². The van der Waals surface area contributed by atoms with E-state index in [2.05, 4.69) is 10.6 Å². The quantitative estimate of drug-likeness (QED) is 0.659. The number of aliphatic carboxylic acids is 1. The molecule has 0 aliphatic carbocycles. The summed E-state index contributed by atoms with van der Waals surface area (Å²) in [4.78, 5) is 48.0. The van der Waals surface area contributed by atoms with Crippen molar-refractivity contribution in [1.82, 2.24) is 0 Å². The first-order chi connectivity index (χ1) is 13.3. The minimum atomic E-state index is -0.949. The first-order valence-corrected chi connectivity index (χ1v) is 8.65. The maximum atomic E-state index is 12.7. The smallest absolute Gasteiger partial charge is 0.307 e. The Labute approximate surface area is 161 Å². The standard InChI is InChI=1S/C20H19N3O5/c1-12(24)21-14-4-6-15(7-5-14)22-17-11-18(25)23(20(17)28)16-8-2-13(3-9-16)10-19(26)27/h2-9,17,22H,10-11H2,1H3,(H,21,24)(H,26,27). The zero-order chi connectivity index (χ0) is 20.3. The molecule has 0 radical (unpaired) electrons. The third kappa shape index (κ3) is 4.35. The van der Waals surface area contributed by atoms with Gasteiger partial charge in [-0.1, -0.05) is 12.1 Å². The molecule has 1 unspecified atom stereocenters. The Bertz CT molecular complexity index is 922. The van der Waals surface area contributed by atoms with E-state index in [1.807, 2.05) is 0 Å². The molecule has 3 rings (SSSR count). The van der Waals surface area contributed by atoms with Crippen molar-refractivity contribution in [2.24, 2.45) is 0 Å². The van der Waals surface area contributed by atoms with Crippen LogP contribution >= 0.6 is 0 Å². The predicted octanol–water partition coefficient (Wildman–Crippen LogP) is 2.02. The van der Waals surface area contributed by atoms with Crippen LogP contribution in [0.2, 0.25) is 0 Å². The number of anilines is 3. The van der Waals surface area contributed by atoms with Gasteiger partial charge in [0.05, 0.1) is 18.5 Å². The molecule has 144 valence electrons. The van der Waals surface area contributed by atoms with Gasteiger partial charge in [0, 0.05) is 18.3 Å². The van der Waals surface area contributed by atoms with Crippen molar-refractivity contribution >= 4 is 40.8 Å². The van der Waals surface area contributed by atoms with Crippen LogP contribution < -0.4 is 15.5 Å². The summed E-state index contributed by atoms with van der Waals surface area (Å²) in [6.45, 7) is 1.41. The van der Waals surface area contributed by atoms with Gasteiger partial charge in [0.15, 0.2) is 0 Å². The molecule has 3 amide bonds. The average Bonchev–Trinajstić information content (AvgIpc) is 2.90. The molecule has 1 aliphatic rings. The number of imide groups is 1. The summed E-state index contributed by atoms with van der Waals surface area (Å²) in [5.41, 5.74) is 2.28. The maximum Gasteiger partial charge on any atom is 0.307 e. The molecule has 1 heterocycles. The molecular weight excluding hydrogens is 362 g/mol. The number of nitrogens with zero attached hydrogens (tertiary/aromatic N) is 1. The highest BCUT2D eigenvalue weighted by Crippen LogP contribution is 2.26. The summed E-state index contributed by atoms with van der Waals surface area (Å²) in [6, 6.07) is 12.4. The molecular formula is C20H19N3O5. The van der Waals surface area contributed by atoms with Gasteiger partial charge in [0.1, 0.15) is 6.04 Å². The molecule has 28 heavy (non-hydrogen) atoms. The maximum absolute atomic E-state index is 12.7. The number of carbonyl (C=O) groups excluding carboxylic acids is 3. The van der Waals surface area contributed by atoms with Gasteiger partial charge in [-0.25, -0.2) is 4.90 Å². The molecule has 1 atom stereocenters. The van der Waals surface area contributed by atoms with Crippen molar-refractivity contribution in [1.29, 1.82) is 0 Å². The largest absolute Gasteiger partial charge is 0.481 e. The molecule has 1 aliphatic heterocycles. The summed E-state index contributed by atoms with van der Waals surface area (Å²) < 4.78 is 0.